The predicted molar refractivity (Wildman–Crippen MR) is 74.7 cm³/mol. The van der Waals surface area contributed by atoms with Gasteiger partial charge in [-0.15, -0.1) is 0 Å². The van der Waals surface area contributed by atoms with Crippen LogP contribution in [0.3, 0.4) is 0 Å². The van der Waals surface area contributed by atoms with E-state index in [0.29, 0.717) is 18.7 Å². The number of hydrogen-bond acceptors (Lipinski definition) is 3. The third-order valence-electron chi connectivity index (χ3n) is 3.36. The number of carbonyl (C=O) groups is 1. The average Bonchev–Trinajstić information content (AvgIpc) is 2.92. The van der Waals surface area contributed by atoms with Crippen LogP contribution in [-0.2, 0) is 16.1 Å². The zero-order chi connectivity index (χ0) is 14.4. The van der Waals surface area contributed by atoms with Crippen LogP contribution >= 0.6 is 0 Å². The van der Waals surface area contributed by atoms with E-state index in [4.69, 9.17) is 4.74 Å². The number of benzene rings is 1. The molecule has 1 amide bonds. The van der Waals surface area contributed by atoms with E-state index in [1.165, 1.54) is 6.07 Å². The Morgan fingerprint density at radius 1 is 1.50 bits per heavy atom. The fourth-order valence-electron chi connectivity index (χ4n) is 2.31. The molecule has 1 atom stereocenters. The molecule has 1 aromatic rings. The zero-order valence-corrected chi connectivity index (χ0v) is 11.8. The van der Waals surface area contributed by atoms with Gasteiger partial charge in [0, 0.05) is 25.3 Å². The molecule has 1 aliphatic heterocycles. The Bertz CT molecular complexity index is 447. The summed E-state index contributed by atoms with van der Waals surface area (Å²) in [5, 5.41) is 2.86. The molecule has 4 nitrogen and oxygen atoms in total. The van der Waals surface area contributed by atoms with Crippen LogP contribution in [0, 0.1) is 5.82 Å². The molecule has 1 aromatic carbocycles. The second kappa shape index (κ2) is 7.36. The standard InChI is InChI=1S/C15H21FN2O2/c1-18(10-12-5-2-3-7-14(12)16)11-15(19)17-9-13-6-4-8-20-13/h2-3,5,7,13H,4,6,8-11H2,1H3,(H,17,19)/t13-/m1/s1. The van der Waals surface area contributed by atoms with Crippen molar-refractivity contribution in [2.45, 2.75) is 25.5 Å². The molecule has 110 valence electrons. The highest BCUT2D eigenvalue weighted by molar-refractivity contribution is 5.78. The van der Waals surface area contributed by atoms with Crippen molar-refractivity contribution >= 4 is 5.91 Å². The molecular weight excluding hydrogens is 259 g/mol. The first-order chi connectivity index (χ1) is 9.65. The van der Waals surface area contributed by atoms with Crippen molar-refractivity contribution in [2.75, 3.05) is 26.7 Å². The lowest BCUT2D eigenvalue weighted by Gasteiger charge is -2.17. The number of halogens is 1. The lowest BCUT2D eigenvalue weighted by Crippen LogP contribution is -2.38. The summed E-state index contributed by atoms with van der Waals surface area (Å²) in [7, 11) is 1.80. The quantitative estimate of drug-likeness (QED) is 0.859. The van der Waals surface area contributed by atoms with Crippen molar-refractivity contribution in [3.63, 3.8) is 0 Å². The molecular formula is C15H21FN2O2. The van der Waals surface area contributed by atoms with Crippen LogP contribution in [0.4, 0.5) is 4.39 Å². The summed E-state index contributed by atoms with van der Waals surface area (Å²) in [4.78, 5) is 13.6. The van der Waals surface area contributed by atoms with Crippen LogP contribution in [0.25, 0.3) is 0 Å². The molecule has 0 saturated carbocycles. The third-order valence-corrected chi connectivity index (χ3v) is 3.36. The number of ether oxygens (including phenoxy) is 1. The molecule has 0 unspecified atom stereocenters. The molecule has 20 heavy (non-hydrogen) atoms. The van der Waals surface area contributed by atoms with Crippen LogP contribution in [0.2, 0.25) is 0 Å². The van der Waals surface area contributed by atoms with E-state index >= 15 is 0 Å². The second-order valence-corrected chi connectivity index (χ2v) is 5.20. The molecule has 1 aliphatic rings. The summed E-state index contributed by atoms with van der Waals surface area (Å²) in [5.74, 6) is -0.293. The molecule has 0 bridgehead atoms. The predicted octanol–water partition coefficient (Wildman–Crippen LogP) is 1.55. The van der Waals surface area contributed by atoms with E-state index < -0.39 is 0 Å². The maximum absolute atomic E-state index is 13.5. The smallest absolute Gasteiger partial charge is 0.234 e. The van der Waals surface area contributed by atoms with E-state index in [9.17, 15) is 9.18 Å². The molecule has 2 rings (SSSR count). The van der Waals surface area contributed by atoms with Crippen molar-refractivity contribution < 1.29 is 13.9 Å². The van der Waals surface area contributed by atoms with E-state index in [2.05, 4.69) is 5.32 Å². The normalized spacial score (nSPS) is 18.4. The fourth-order valence-corrected chi connectivity index (χ4v) is 2.31. The molecule has 0 spiro atoms. The van der Waals surface area contributed by atoms with Gasteiger partial charge in [-0.2, -0.15) is 0 Å². The van der Waals surface area contributed by atoms with E-state index in [1.54, 1.807) is 30.1 Å². The van der Waals surface area contributed by atoms with Gasteiger partial charge in [-0.05, 0) is 26.0 Å². The molecule has 1 heterocycles. The highest BCUT2D eigenvalue weighted by Crippen LogP contribution is 2.11. The van der Waals surface area contributed by atoms with Gasteiger partial charge in [0.15, 0.2) is 0 Å². The van der Waals surface area contributed by atoms with Gasteiger partial charge in [-0.3, -0.25) is 9.69 Å². The van der Waals surface area contributed by atoms with Crippen LogP contribution in [0.5, 0.6) is 0 Å². The van der Waals surface area contributed by atoms with Crippen LogP contribution in [0.1, 0.15) is 18.4 Å². The molecule has 1 N–H and O–H groups in total. The van der Waals surface area contributed by atoms with Gasteiger partial charge in [-0.1, -0.05) is 18.2 Å². The maximum Gasteiger partial charge on any atom is 0.234 e. The lowest BCUT2D eigenvalue weighted by molar-refractivity contribution is -0.122. The van der Waals surface area contributed by atoms with Crippen LogP contribution in [0.15, 0.2) is 24.3 Å². The number of hydrogen-bond donors (Lipinski definition) is 1. The van der Waals surface area contributed by atoms with Crippen molar-refractivity contribution in [3.8, 4) is 0 Å². The first-order valence-corrected chi connectivity index (χ1v) is 6.95. The third kappa shape index (κ3) is 4.58. The molecule has 0 aliphatic carbocycles. The average molecular weight is 280 g/mol. The fraction of sp³-hybridized carbons (Fsp3) is 0.533. The first kappa shape index (κ1) is 14.9. The number of rotatable bonds is 6. The van der Waals surface area contributed by atoms with E-state index in [1.807, 2.05) is 0 Å². The SMILES string of the molecule is CN(CC(=O)NC[C@H]1CCCO1)Cc1ccccc1F. The van der Waals surface area contributed by atoms with Crippen LogP contribution in [-0.4, -0.2) is 43.7 Å². The Morgan fingerprint density at radius 3 is 3.00 bits per heavy atom. The summed E-state index contributed by atoms with van der Waals surface area (Å²) >= 11 is 0. The van der Waals surface area contributed by atoms with E-state index in [0.717, 1.165) is 19.4 Å². The van der Waals surface area contributed by atoms with Crippen molar-refractivity contribution in [2.24, 2.45) is 0 Å². The summed E-state index contributed by atoms with van der Waals surface area (Å²) in [6.07, 6.45) is 2.22. The van der Waals surface area contributed by atoms with Gasteiger partial charge in [0.1, 0.15) is 5.82 Å². The largest absolute Gasteiger partial charge is 0.376 e. The summed E-state index contributed by atoms with van der Waals surface area (Å²) < 4.78 is 18.9. The topological polar surface area (TPSA) is 41.6 Å². The van der Waals surface area contributed by atoms with Crippen molar-refractivity contribution in [1.29, 1.82) is 0 Å². The van der Waals surface area contributed by atoms with Gasteiger partial charge in [0.2, 0.25) is 5.91 Å². The Balaban J connectivity index is 1.72. The number of nitrogens with zero attached hydrogens (tertiary/aromatic N) is 1. The Labute approximate surface area is 118 Å². The number of carbonyl (C=O) groups excluding carboxylic acids is 1. The first-order valence-electron chi connectivity index (χ1n) is 6.95. The maximum atomic E-state index is 13.5. The van der Waals surface area contributed by atoms with Gasteiger partial charge in [0.05, 0.1) is 12.6 Å². The van der Waals surface area contributed by atoms with E-state index in [-0.39, 0.29) is 24.4 Å². The van der Waals surface area contributed by atoms with Gasteiger partial charge >= 0.3 is 0 Å². The van der Waals surface area contributed by atoms with Crippen molar-refractivity contribution in [1.82, 2.24) is 10.2 Å². The summed E-state index contributed by atoms with van der Waals surface area (Å²) in [6, 6.07) is 6.62. The molecule has 0 aromatic heterocycles. The highest BCUT2D eigenvalue weighted by Gasteiger charge is 2.16. The minimum absolute atomic E-state index is 0.0562. The van der Waals surface area contributed by atoms with Gasteiger partial charge in [-0.25, -0.2) is 4.39 Å². The Hall–Kier alpha value is -1.46. The number of nitrogens with one attached hydrogen (secondary N) is 1. The Kier molecular flexibility index (Phi) is 5.49. The van der Waals surface area contributed by atoms with Crippen molar-refractivity contribution in [3.05, 3.63) is 35.6 Å². The summed E-state index contributed by atoms with van der Waals surface area (Å²) in [5.41, 5.74) is 0.599. The molecule has 1 fully saturated rings. The zero-order valence-electron chi connectivity index (χ0n) is 11.8. The number of amides is 1. The molecule has 1 saturated heterocycles. The second-order valence-electron chi connectivity index (χ2n) is 5.20. The Morgan fingerprint density at radius 2 is 2.30 bits per heavy atom. The minimum atomic E-state index is -0.237. The summed E-state index contributed by atoms with van der Waals surface area (Å²) in [6.45, 7) is 2.02. The minimum Gasteiger partial charge on any atom is -0.376 e. The van der Waals surface area contributed by atoms with Gasteiger partial charge < -0.3 is 10.1 Å². The molecule has 0 radical (unpaired) electrons. The number of likely N-dealkylation sites (N-methyl/N-ethyl adjacent to an activating group) is 1. The monoisotopic (exact) mass is 280 g/mol. The lowest BCUT2D eigenvalue weighted by atomic mass is 10.2. The van der Waals surface area contributed by atoms with Gasteiger partial charge in [0.25, 0.3) is 0 Å². The van der Waals surface area contributed by atoms with Crippen LogP contribution < -0.4 is 5.32 Å². The molecule has 5 heteroatoms. The highest BCUT2D eigenvalue weighted by atomic mass is 19.1.